The summed E-state index contributed by atoms with van der Waals surface area (Å²) < 4.78 is 7.36. The molecule has 1 aromatic carbocycles. The van der Waals surface area contributed by atoms with Crippen LogP contribution in [0.25, 0.3) is 16.7 Å². The molecule has 4 aliphatic rings. The number of carboxylic acids is 1. The second kappa shape index (κ2) is 9.10. The standard InChI is InChI=1S/C29H35N5O3/c35-28(36)23-15-24(33-12-9-20(10-13-33)16-32-14-11-29(17-32)18-37-19-29)25-26(21-5-4-6-21)31-34(27(25)30-23)22-7-2-1-3-8-22/h1-3,7-8,15,20-21H,4-6,9-14,16-19H2,(H,35,36). The van der Waals surface area contributed by atoms with Crippen LogP contribution in [0.1, 0.15) is 60.6 Å². The molecule has 7 rings (SSSR count). The molecule has 8 nitrogen and oxygen atoms in total. The Balaban J connectivity index is 1.19. The fourth-order valence-corrected chi connectivity index (χ4v) is 6.73. The molecule has 8 heteroatoms. The third-order valence-corrected chi connectivity index (χ3v) is 9.16. The van der Waals surface area contributed by atoms with Gasteiger partial charge in [-0.3, -0.25) is 0 Å². The molecule has 0 unspecified atom stereocenters. The minimum atomic E-state index is -0.994. The van der Waals surface area contributed by atoms with Crippen molar-refractivity contribution in [2.24, 2.45) is 11.3 Å². The van der Waals surface area contributed by atoms with Gasteiger partial charge in [-0.1, -0.05) is 24.6 Å². The maximum atomic E-state index is 12.1. The monoisotopic (exact) mass is 501 g/mol. The number of ether oxygens (including phenoxy) is 1. The number of hydrogen-bond acceptors (Lipinski definition) is 6. The number of rotatable bonds is 6. The molecule has 194 valence electrons. The SMILES string of the molecule is O=C(O)c1cc(N2CCC(CN3CCC4(COC4)C3)CC2)c2c(C3CCC3)nn(-c3ccccc3)c2n1. The lowest BCUT2D eigenvalue weighted by Crippen LogP contribution is -2.45. The first-order chi connectivity index (χ1) is 18.1. The molecule has 3 saturated heterocycles. The van der Waals surface area contributed by atoms with Gasteiger partial charge in [-0.2, -0.15) is 5.10 Å². The van der Waals surface area contributed by atoms with Crippen molar-refractivity contribution in [3.63, 3.8) is 0 Å². The Bertz CT molecular complexity index is 1310. The van der Waals surface area contributed by atoms with Gasteiger partial charge in [0.2, 0.25) is 0 Å². The van der Waals surface area contributed by atoms with Gasteiger partial charge in [-0.05, 0) is 62.8 Å². The number of carbonyl (C=O) groups is 1. The minimum Gasteiger partial charge on any atom is -0.477 e. The van der Waals surface area contributed by atoms with E-state index in [-0.39, 0.29) is 5.69 Å². The smallest absolute Gasteiger partial charge is 0.354 e. The lowest BCUT2D eigenvalue weighted by atomic mass is 9.81. The molecular formula is C29H35N5O3. The largest absolute Gasteiger partial charge is 0.477 e. The average molecular weight is 502 g/mol. The minimum absolute atomic E-state index is 0.0898. The zero-order valence-electron chi connectivity index (χ0n) is 21.3. The van der Waals surface area contributed by atoms with Gasteiger partial charge in [-0.15, -0.1) is 0 Å². The lowest BCUT2D eigenvalue weighted by Gasteiger charge is -2.39. The highest BCUT2D eigenvalue weighted by Gasteiger charge is 2.44. The van der Waals surface area contributed by atoms with E-state index in [1.54, 1.807) is 6.07 Å². The summed E-state index contributed by atoms with van der Waals surface area (Å²) in [6, 6.07) is 11.8. The average Bonchev–Trinajstić information content (AvgIpc) is 3.46. The zero-order chi connectivity index (χ0) is 25.0. The van der Waals surface area contributed by atoms with Crippen LogP contribution in [0.15, 0.2) is 36.4 Å². The molecule has 0 bridgehead atoms. The van der Waals surface area contributed by atoms with Crippen LogP contribution in [-0.2, 0) is 4.74 Å². The van der Waals surface area contributed by atoms with Gasteiger partial charge in [0, 0.05) is 37.5 Å². The van der Waals surface area contributed by atoms with Crippen molar-refractivity contribution in [3.8, 4) is 5.69 Å². The molecule has 1 spiro atoms. The summed E-state index contributed by atoms with van der Waals surface area (Å²) in [5.74, 6) is 0.105. The summed E-state index contributed by atoms with van der Waals surface area (Å²) in [5.41, 5.74) is 4.18. The Morgan fingerprint density at radius 3 is 2.49 bits per heavy atom. The van der Waals surface area contributed by atoms with E-state index < -0.39 is 5.97 Å². The second-order valence-electron chi connectivity index (χ2n) is 11.7. The highest BCUT2D eigenvalue weighted by Crippen LogP contribution is 2.43. The summed E-state index contributed by atoms with van der Waals surface area (Å²) >= 11 is 0. The van der Waals surface area contributed by atoms with Crippen LogP contribution < -0.4 is 4.90 Å². The Hall–Kier alpha value is -2.97. The maximum absolute atomic E-state index is 12.1. The molecule has 1 aliphatic carbocycles. The molecular weight excluding hydrogens is 466 g/mol. The molecule has 37 heavy (non-hydrogen) atoms. The zero-order valence-corrected chi connectivity index (χ0v) is 21.3. The van der Waals surface area contributed by atoms with Crippen LogP contribution in [0.4, 0.5) is 5.69 Å². The van der Waals surface area contributed by atoms with Crippen LogP contribution >= 0.6 is 0 Å². The van der Waals surface area contributed by atoms with Crippen LogP contribution in [-0.4, -0.2) is 76.7 Å². The van der Waals surface area contributed by atoms with Crippen LogP contribution in [0, 0.1) is 11.3 Å². The maximum Gasteiger partial charge on any atom is 0.354 e. The molecule has 2 aromatic heterocycles. The summed E-state index contributed by atoms with van der Waals surface area (Å²) in [7, 11) is 0. The number of pyridine rings is 1. The van der Waals surface area contributed by atoms with Gasteiger partial charge in [0.05, 0.1) is 35.7 Å². The van der Waals surface area contributed by atoms with Gasteiger partial charge in [-0.25, -0.2) is 14.5 Å². The highest BCUT2D eigenvalue weighted by atomic mass is 16.5. The van der Waals surface area contributed by atoms with Crippen LogP contribution in [0.5, 0.6) is 0 Å². The van der Waals surface area contributed by atoms with Crippen LogP contribution in [0.3, 0.4) is 0 Å². The lowest BCUT2D eigenvalue weighted by molar-refractivity contribution is -0.105. The number of benzene rings is 1. The molecule has 1 N–H and O–H groups in total. The first-order valence-corrected chi connectivity index (χ1v) is 13.9. The number of piperidine rings is 1. The molecule has 5 heterocycles. The van der Waals surface area contributed by atoms with Crippen molar-refractivity contribution in [2.45, 2.75) is 44.4 Å². The Labute approximate surface area is 217 Å². The van der Waals surface area contributed by atoms with E-state index in [1.165, 1.54) is 32.5 Å². The quantitative estimate of drug-likeness (QED) is 0.538. The van der Waals surface area contributed by atoms with Gasteiger partial charge in [0.1, 0.15) is 0 Å². The number of anilines is 1. The fraction of sp³-hybridized carbons (Fsp3) is 0.552. The Morgan fingerprint density at radius 1 is 1.08 bits per heavy atom. The number of fused-ring (bicyclic) bond motifs is 1. The van der Waals surface area contributed by atoms with E-state index in [0.717, 1.165) is 74.4 Å². The molecule has 3 aliphatic heterocycles. The first-order valence-electron chi connectivity index (χ1n) is 13.9. The molecule has 0 atom stereocenters. The number of carboxylic acid groups (broad SMARTS) is 1. The van der Waals surface area contributed by atoms with Gasteiger partial charge >= 0.3 is 5.97 Å². The summed E-state index contributed by atoms with van der Waals surface area (Å²) in [4.78, 5) is 21.8. The van der Waals surface area contributed by atoms with Crippen LogP contribution in [0.2, 0.25) is 0 Å². The van der Waals surface area contributed by atoms with Gasteiger partial charge in [0.15, 0.2) is 11.3 Å². The van der Waals surface area contributed by atoms with Crippen molar-refractivity contribution >= 4 is 22.7 Å². The van der Waals surface area contributed by atoms with E-state index in [4.69, 9.17) is 9.84 Å². The molecule has 4 fully saturated rings. The summed E-state index contributed by atoms with van der Waals surface area (Å²) in [6.45, 7) is 7.29. The van der Waals surface area contributed by atoms with Crippen molar-refractivity contribution in [2.75, 3.05) is 50.8 Å². The number of para-hydroxylation sites is 1. The predicted octanol–water partition coefficient (Wildman–Crippen LogP) is 4.32. The molecule has 0 radical (unpaired) electrons. The number of hydrogen-bond donors (Lipinski definition) is 1. The third kappa shape index (κ3) is 4.10. The number of aromatic carboxylic acids is 1. The van der Waals surface area contributed by atoms with Gasteiger partial charge < -0.3 is 19.6 Å². The third-order valence-electron chi connectivity index (χ3n) is 9.16. The Morgan fingerprint density at radius 2 is 1.86 bits per heavy atom. The first kappa shape index (κ1) is 23.2. The van der Waals surface area contributed by atoms with E-state index >= 15 is 0 Å². The predicted molar refractivity (Wildman–Crippen MR) is 142 cm³/mol. The van der Waals surface area contributed by atoms with E-state index in [0.29, 0.717) is 22.9 Å². The number of aromatic nitrogens is 3. The number of nitrogens with zero attached hydrogens (tertiary/aromatic N) is 5. The van der Waals surface area contributed by atoms with Crippen molar-refractivity contribution < 1.29 is 14.6 Å². The fourth-order valence-electron chi connectivity index (χ4n) is 6.73. The second-order valence-corrected chi connectivity index (χ2v) is 11.7. The topological polar surface area (TPSA) is 83.7 Å². The summed E-state index contributed by atoms with van der Waals surface area (Å²) in [6.07, 6.45) is 7.00. The normalized spacial score (nSPS) is 22.4. The molecule has 3 aromatic rings. The van der Waals surface area contributed by atoms with E-state index in [1.807, 2.05) is 35.0 Å². The molecule has 0 amide bonds. The van der Waals surface area contributed by atoms with Crippen molar-refractivity contribution in [3.05, 3.63) is 47.8 Å². The molecule has 1 saturated carbocycles. The highest BCUT2D eigenvalue weighted by molar-refractivity contribution is 5.98. The van der Waals surface area contributed by atoms with Gasteiger partial charge in [0.25, 0.3) is 0 Å². The number of likely N-dealkylation sites (tertiary alicyclic amines) is 1. The Kier molecular flexibility index (Phi) is 5.70. The van der Waals surface area contributed by atoms with E-state index in [2.05, 4.69) is 14.8 Å². The van der Waals surface area contributed by atoms with Crippen molar-refractivity contribution in [1.29, 1.82) is 0 Å². The van der Waals surface area contributed by atoms with E-state index in [9.17, 15) is 9.90 Å². The van der Waals surface area contributed by atoms with Crippen molar-refractivity contribution in [1.82, 2.24) is 19.7 Å². The summed E-state index contributed by atoms with van der Waals surface area (Å²) in [5, 5.41) is 16.1.